The van der Waals surface area contributed by atoms with Crippen LogP contribution in [0.1, 0.15) is 27.7 Å². The average molecular weight is 476 g/mol. The van der Waals surface area contributed by atoms with Crippen molar-refractivity contribution in [1.82, 2.24) is 0 Å². The van der Waals surface area contributed by atoms with Gasteiger partial charge < -0.3 is 18.9 Å². The third-order valence-corrected chi connectivity index (χ3v) is 3.88. The number of alkyl halides is 2. The molecule has 0 N–H and O–H groups in total. The maximum absolute atomic E-state index is 11.4. The third kappa shape index (κ3) is 8.62. The van der Waals surface area contributed by atoms with E-state index < -0.39 is 48.3 Å². The van der Waals surface area contributed by atoms with E-state index in [1.54, 1.807) is 0 Å². The molecule has 4 atom stereocenters. The second kappa shape index (κ2) is 11.4. The predicted octanol–water partition coefficient (Wildman–Crippen LogP) is 1.50. The third-order valence-electron chi connectivity index (χ3n) is 2.60. The van der Waals surface area contributed by atoms with E-state index in [1.165, 1.54) is 13.8 Å². The van der Waals surface area contributed by atoms with E-state index in [-0.39, 0.29) is 10.7 Å². The topological polar surface area (TPSA) is 105 Å². The molecule has 0 aliphatic rings. The van der Waals surface area contributed by atoms with E-state index in [1.807, 2.05) is 0 Å². The molecule has 8 nitrogen and oxygen atoms in total. The zero-order chi connectivity index (χ0) is 18.9. The van der Waals surface area contributed by atoms with E-state index >= 15 is 0 Å². The first-order valence-corrected chi connectivity index (χ1v) is 9.17. The summed E-state index contributed by atoms with van der Waals surface area (Å²) in [5, 5.41) is 0.217. The van der Waals surface area contributed by atoms with Crippen LogP contribution in [0.15, 0.2) is 0 Å². The number of ether oxygens (including phenoxy) is 4. The standard InChI is InChI=1S/C14H20Br2O8/c1-7(17)21-11(5-15)13(23-9(3)19)14(24-10(4)20)12(6-16)22-8(2)18/h11-14H,5-6H2,1-4H3/t11-,12-,13-,14+/m1/s1. The van der Waals surface area contributed by atoms with E-state index in [4.69, 9.17) is 18.9 Å². The maximum Gasteiger partial charge on any atom is 0.303 e. The van der Waals surface area contributed by atoms with Crippen molar-refractivity contribution >= 4 is 55.7 Å². The lowest BCUT2D eigenvalue weighted by Crippen LogP contribution is -2.52. The van der Waals surface area contributed by atoms with Crippen LogP contribution in [0.25, 0.3) is 0 Å². The molecule has 0 aromatic carbocycles. The van der Waals surface area contributed by atoms with Crippen molar-refractivity contribution in [2.45, 2.75) is 52.1 Å². The first kappa shape index (κ1) is 22.8. The van der Waals surface area contributed by atoms with Crippen molar-refractivity contribution in [2.24, 2.45) is 0 Å². The van der Waals surface area contributed by atoms with Crippen LogP contribution in [0.3, 0.4) is 0 Å². The van der Waals surface area contributed by atoms with E-state index in [0.717, 1.165) is 13.8 Å². The van der Waals surface area contributed by atoms with Crippen molar-refractivity contribution in [3.8, 4) is 0 Å². The molecule has 0 saturated heterocycles. The highest BCUT2D eigenvalue weighted by Crippen LogP contribution is 2.21. The van der Waals surface area contributed by atoms with Gasteiger partial charge >= 0.3 is 23.9 Å². The number of rotatable bonds is 9. The second-order valence-corrected chi connectivity index (χ2v) is 6.05. The molecule has 0 amide bonds. The van der Waals surface area contributed by atoms with Gasteiger partial charge in [0.15, 0.2) is 24.4 Å². The van der Waals surface area contributed by atoms with Crippen molar-refractivity contribution in [3.05, 3.63) is 0 Å². The van der Waals surface area contributed by atoms with Crippen LogP contribution < -0.4 is 0 Å². The summed E-state index contributed by atoms with van der Waals surface area (Å²) in [7, 11) is 0. The Hall–Kier alpha value is -1.16. The zero-order valence-corrected chi connectivity index (χ0v) is 16.9. The van der Waals surface area contributed by atoms with Gasteiger partial charge in [-0.25, -0.2) is 0 Å². The van der Waals surface area contributed by atoms with Gasteiger partial charge in [-0.15, -0.1) is 0 Å². The molecule has 0 unspecified atom stereocenters. The van der Waals surface area contributed by atoms with Gasteiger partial charge in [-0.2, -0.15) is 0 Å². The molecule has 0 saturated carbocycles. The summed E-state index contributed by atoms with van der Waals surface area (Å²) in [4.78, 5) is 45.5. The van der Waals surface area contributed by atoms with E-state index in [9.17, 15) is 19.2 Å². The molecule has 0 bridgehead atoms. The zero-order valence-electron chi connectivity index (χ0n) is 13.7. The van der Waals surface area contributed by atoms with E-state index in [0.29, 0.717) is 0 Å². The molecule has 0 rings (SSSR count). The molecular formula is C14H20Br2O8. The van der Waals surface area contributed by atoms with Gasteiger partial charge in [0.2, 0.25) is 0 Å². The fourth-order valence-corrected chi connectivity index (χ4v) is 2.89. The fraction of sp³-hybridized carbons (Fsp3) is 0.714. The summed E-state index contributed by atoms with van der Waals surface area (Å²) in [6, 6.07) is 0. The van der Waals surface area contributed by atoms with Crippen molar-refractivity contribution in [2.75, 3.05) is 10.7 Å². The minimum atomic E-state index is -1.17. The first-order valence-electron chi connectivity index (χ1n) is 6.93. The monoisotopic (exact) mass is 474 g/mol. The molecule has 0 aliphatic heterocycles. The minimum absolute atomic E-state index is 0.109. The lowest BCUT2D eigenvalue weighted by molar-refractivity contribution is -0.194. The molecule has 0 aliphatic carbocycles. The summed E-state index contributed by atoms with van der Waals surface area (Å²) in [6.07, 6.45) is -4.24. The predicted molar refractivity (Wildman–Crippen MR) is 89.8 cm³/mol. The normalized spacial score (nSPS) is 15.4. The summed E-state index contributed by atoms with van der Waals surface area (Å²) in [5.41, 5.74) is 0. The van der Waals surface area contributed by atoms with Crippen molar-refractivity contribution in [3.63, 3.8) is 0 Å². The Bertz CT molecular complexity index is 426. The molecule has 0 aromatic rings. The molecule has 0 heterocycles. The largest absolute Gasteiger partial charge is 0.458 e. The summed E-state index contributed by atoms with van der Waals surface area (Å²) in [6.45, 7) is 4.70. The van der Waals surface area contributed by atoms with Crippen LogP contribution in [0, 0.1) is 0 Å². The van der Waals surface area contributed by atoms with Gasteiger partial charge in [0, 0.05) is 38.4 Å². The summed E-state index contributed by atoms with van der Waals surface area (Å²) < 4.78 is 20.6. The Labute approximate surface area is 156 Å². The Morgan fingerprint density at radius 1 is 0.625 bits per heavy atom. The SMILES string of the molecule is CC(=O)O[C@H]([C@H](OC(C)=O)[C@@H](CBr)OC(C)=O)[C@@H](CBr)OC(C)=O. The van der Waals surface area contributed by atoms with Crippen LogP contribution in [0.5, 0.6) is 0 Å². The van der Waals surface area contributed by atoms with E-state index in [2.05, 4.69) is 31.9 Å². The van der Waals surface area contributed by atoms with Crippen LogP contribution in [0.4, 0.5) is 0 Å². The fourth-order valence-electron chi connectivity index (χ4n) is 1.89. The van der Waals surface area contributed by atoms with Crippen molar-refractivity contribution < 1.29 is 38.1 Å². The number of halogens is 2. The highest BCUT2D eigenvalue weighted by atomic mass is 79.9. The van der Waals surface area contributed by atoms with Crippen LogP contribution in [-0.4, -0.2) is 59.0 Å². The lowest BCUT2D eigenvalue weighted by atomic mass is 10.0. The van der Waals surface area contributed by atoms with Crippen LogP contribution >= 0.6 is 31.9 Å². The molecule has 0 spiro atoms. The molecular weight excluding hydrogens is 456 g/mol. The smallest absolute Gasteiger partial charge is 0.303 e. The summed E-state index contributed by atoms with van der Waals surface area (Å²) in [5.74, 6) is -2.57. The van der Waals surface area contributed by atoms with Gasteiger partial charge in [0.25, 0.3) is 0 Å². The Morgan fingerprint density at radius 3 is 1.04 bits per heavy atom. The summed E-state index contributed by atoms with van der Waals surface area (Å²) >= 11 is 6.33. The highest BCUT2D eigenvalue weighted by Gasteiger charge is 2.42. The van der Waals surface area contributed by atoms with Gasteiger partial charge in [0.1, 0.15) is 0 Å². The second-order valence-electron chi connectivity index (χ2n) is 4.75. The highest BCUT2D eigenvalue weighted by molar-refractivity contribution is 9.09. The number of hydrogen-bond acceptors (Lipinski definition) is 8. The van der Waals surface area contributed by atoms with Gasteiger partial charge in [0.05, 0.1) is 0 Å². The lowest BCUT2D eigenvalue weighted by Gasteiger charge is -2.34. The molecule has 138 valence electrons. The molecule has 0 aromatic heterocycles. The molecule has 0 fully saturated rings. The van der Waals surface area contributed by atoms with Gasteiger partial charge in [-0.1, -0.05) is 31.9 Å². The van der Waals surface area contributed by atoms with Gasteiger partial charge in [-0.3, -0.25) is 19.2 Å². The Kier molecular flexibility index (Phi) is 10.9. The Balaban J connectivity index is 5.74. The Morgan fingerprint density at radius 2 is 0.875 bits per heavy atom. The first-order chi connectivity index (χ1) is 11.1. The number of carbonyl (C=O) groups excluding carboxylic acids is 4. The minimum Gasteiger partial charge on any atom is -0.458 e. The van der Waals surface area contributed by atoms with Gasteiger partial charge in [-0.05, 0) is 0 Å². The number of hydrogen-bond donors (Lipinski definition) is 0. The van der Waals surface area contributed by atoms with Crippen molar-refractivity contribution in [1.29, 1.82) is 0 Å². The number of esters is 4. The molecule has 0 radical (unpaired) electrons. The average Bonchev–Trinajstić information content (AvgIpc) is 2.45. The number of carbonyl (C=O) groups is 4. The maximum atomic E-state index is 11.4. The molecule has 24 heavy (non-hydrogen) atoms. The van der Waals surface area contributed by atoms with Crippen LogP contribution in [0.2, 0.25) is 0 Å². The van der Waals surface area contributed by atoms with Crippen LogP contribution in [-0.2, 0) is 38.1 Å². The molecule has 10 heteroatoms. The quantitative estimate of drug-likeness (QED) is 0.280.